The monoisotopic (exact) mass is 381 g/mol. The van der Waals surface area contributed by atoms with Crippen LogP contribution in [0.3, 0.4) is 0 Å². The molecule has 0 atom stereocenters. The van der Waals surface area contributed by atoms with Crippen molar-refractivity contribution in [3.63, 3.8) is 0 Å². The number of H-pyrrole nitrogens is 1. The summed E-state index contributed by atoms with van der Waals surface area (Å²) in [6.07, 6.45) is 0. The van der Waals surface area contributed by atoms with Gasteiger partial charge in [-0.2, -0.15) is 0 Å². The molecular weight excluding hydrogens is 366 g/mol. The van der Waals surface area contributed by atoms with Crippen molar-refractivity contribution in [1.82, 2.24) is 4.98 Å². The Labute approximate surface area is 165 Å². The zero-order valence-corrected chi connectivity index (χ0v) is 16.0. The Balaban J connectivity index is 1.55. The van der Waals surface area contributed by atoms with E-state index in [-0.39, 0.29) is 0 Å². The van der Waals surface area contributed by atoms with Crippen LogP contribution in [-0.4, -0.2) is 4.98 Å². The maximum absolute atomic E-state index is 3.52. The van der Waals surface area contributed by atoms with E-state index in [2.05, 4.69) is 89.9 Å². The molecule has 1 N–H and O–H groups in total. The molecule has 0 saturated heterocycles. The Kier molecular flexibility index (Phi) is 3.40. The van der Waals surface area contributed by atoms with Crippen LogP contribution in [0.5, 0.6) is 0 Å². The van der Waals surface area contributed by atoms with Crippen molar-refractivity contribution in [1.29, 1.82) is 0 Å². The van der Waals surface area contributed by atoms with Gasteiger partial charge >= 0.3 is 0 Å². The van der Waals surface area contributed by atoms with Gasteiger partial charge in [0.15, 0.2) is 0 Å². The Morgan fingerprint density at radius 2 is 1.30 bits per heavy atom. The minimum Gasteiger partial charge on any atom is -0.355 e. The van der Waals surface area contributed by atoms with E-state index < -0.39 is 0 Å². The topological polar surface area (TPSA) is 15.8 Å². The van der Waals surface area contributed by atoms with Crippen molar-refractivity contribution < 1.29 is 0 Å². The molecule has 1 aromatic heterocycles. The standard InChI is InChI=1S/C24H15NS2/c1-2-8-19-17(6-1)18-14-15(12-13-20(18)25-19)16-7-5-11-23-24(16)27-22-10-4-3-9-21(22)26-23/h1-14,25H. The maximum Gasteiger partial charge on any atom is 0.0465 e. The molecule has 0 aliphatic carbocycles. The van der Waals surface area contributed by atoms with E-state index in [9.17, 15) is 0 Å². The highest BCUT2D eigenvalue weighted by Gasteiger charge is 2.20. The van der Waals surface area contributed by atoms with Gasteiger partial charge in [-0.3, -0.25) is 0 Å². The summed E-state index contributed by atoms with van der Waals surface area (Å²) in [5, 5.41) is 2.57. The fraction of sp³-hybridized carbons (Fsp3) is 0. The lowest BCUT2D eigenvalue weighted by Gasteiger charge is -2.21. The van der Waals surface area contributed by atoms with Crippen LogP contribution >= 0.6 is 23.5 Å². The van der Waals surface area contributed by atoms with E-state index in [0.29, 0.717) is 0 Å². The van der Waals surface area contributed by atoms with E-state index >= 15 is 0 Å². The fourth-order valence-electron chi connectivity index (χ4n) is 3.79. The van der Waals surface area contributed by atoms with Crippen molar-refractivity contribution in [2.24, 2.45) is 0 Å². The van der Waals surface area contributed by atoms with Crippen LogP contribution in [0.15, 0.2) is 105 Å². The van der Waals surface area contributed by atoms with Crippen LogP contribution in [0, 0.1) is 0 Å². The number of aromatic nitrogens is 1. The van der Waals surface area contributed by atoms with Crippen molar-refractivity contribution >= 4 is 45.3 Å². The highest BCUT2D eigenvalue weighted by molar-refractivity contribution is 8.05. The summed E-state index contributed by atoms with van der Waals surface area (Å²) in [6, 6.07) is 30.6. The van der Waals surface area contributed by atoms with Crippen LogP contribution in [0.25, 0.3) is 32.9 Å². The molecule has 128 valence electrons. The summed E-state index contributed by atoms with van der Waals surface area (Å²) >= 11 is 3.76. The molecular formula is C24H15NS2. The summed E-state index contributed by atoms with van der Waals surface area (Å²) < 4.78 is 0. The molecule has 6 rings (SSSR count). The summed E-state index contributed by atoms with van der Waals surface area (Å²) in [5.74, 6) is 0. The minimum atomic E-state index is 1.19. The maximum atomic E-state index is 3.52. The molecule has 0 saturated carbocycles. The van der Waals surface area contributed by atoms with E-state index in [4.69, 9.17) is 0 Å². The Morgan fingerprint density at radius 1 is 0.556 bits per heavy atom. The smallest absolute Gasteiger partial charge is 0.0465 e. The molecule has 1 aliphatic heterocycles. The fourth-order valence-corrected chi connectivity index (χ4v) is 6.19. The Morgan fingerprint density at radius 3 is 2.22 bits per heavy atom. The van der Waals surface area contributed by atoms with Gasteiger partial charge in [0.2, 0.25) is 0 Å². The van der Waals surface area contributed by atoms with Crippen molar-refractivity contribution in [3.05, 3.63) is 84.9 Å². The normalized spacial score (nSPS) is 12.9. The summed E-state index contributed by atoms with van der Waals surface area (Å²) in [6.45, 7) is 0. The van der Waals surface area contributed by atoms with Gasteiger partial charge < -0.3 is 4.98 Å². The molecule has 0 bridgehead atoms. The predicted molar refractivity (Wildman–Crippen MR) is 116 cm³/mol. The van der Waals surface area contributed by atoms with Gasteiger partial charge in [0, 0.05) is 41.4 Å². The summed E-state index contributed by atoms with van der Waals surface area (Å²) in [5.41, 5.74) is 4.97. The molecule has 3 heteroatoms. The van der Waals surface area contributed by atoms with Crippen LogP contribution < -0.4 is 0 Å². The third-order valence-electron chi connectivity index (χ3n) is 5.08. The molecule has 27 heavy (non-hydrogen) atoms. The second kappa shape index (κ2) is 5.95. The lowest BCUT2D eigenvalue weighted by molar-refractivity contribution is 1.16. The second-order valence-corrected chi connectivity index (χ2v) is 8.85. The Hall–Kier alpha value is -2.62. The first kappa shape index (κ1) is 15.4. The minimum absolute atomic E-state index is 1.19. The van der Waals surface area contributed by atoms with Gasteiger partial charge in [-0.05, 0) is 47.5 Å². The lowest BCUT2D eigenvalue weighted by atomic mass is 10.0. The van der Waals surface area contributed by atoms with Gasteiger partial charge in [0.1, 0.15) is 0 Å². The average molecular weight is 382 g/mol. The van der Waals surface area contributed by atoms with E-state index in [1.165, 1.54) is 52.5 Å². The number of nitrogens with one attached hydrogen (secondary N) is 1. The van der Waals surface area contributed by atoms with E-state index in [0.717, 1.165) is 0 Å². The zero-order chi connectivity index (χ0) is 17.8. The summed E-state index contributed by atoms with van der Waals surface area (Å²) in [4.78, 5) is 8.92. The van der Waals surface area contributed by atoms with Gasteiger partial charge in [0.25, 0.3) is 0 Å². The van der Waals surface area contributed by atoms with E-state index in [1.54, 1.807) is 0 Å². The van der Waals surface area contributed by atoms with E-state index in [1.807, 2.05) is 23.5 Å². The highest BCUT2D eigenvalue weighted by atomic mass is 32.2. The number of fused-ring (bicyclic) bond motifs is 5. The van der Waals surface area contributed by atoms with Gasteiger partial charge in [-0.1, -0.05) is 72.1 Å². The average Bonchev–Trinajstić information content (AvgIpc) is 3.09. The first-order valence-corrected chi connectivity index (χ1v) is 10.6. The SMILES string of the molecule is c1ccc2c(c1)Sc1cccc(-c3ccc4[nH]c5ccccc5c4c3)c1S2. The van der Waals surface area contributed by atoms with Crippen molar-refractivity contribution in [3.8, 4) is 11.1 Å². The number of rotatable bonds is 1. The van der Waals surface area contributed by atoms with Crippen molar-refractivity contribution in [2.75, 3.05) is 0 Å². The van der Waals surface area contributed by atoms with Gasteiger partial charge in [0.05, 0.1) is 0 Å². The van der Waals surface area contributed by atoms with Crippen molar-refractivity contribution in [2.45, 2.75) is 19.6 Å². The number of aromatic amines is 1. The third kappa shape index (κ3) is 2.43. The number of para-hydroxylation sites is 1. The molecule has 5 aromatic rings. The predicted octanol–water partition coefficient (Wildman–Crippen LogP) is 7.60. The van der Waals surface area contributed by atoms with Crippen LogP contribution in [0.2, 0.25) is 0 Å². The second-order valence-electron chi connectivity index (χ2n) is 6.71. The first-order chi connectivity index (χ1) is 13.4. The third-order valence-corrected chi connectivity index (χ3v) is 7.69. The van der Waals surface area contributed by atoms with Crippen LogP contribution in [-0.2, 0) is 0 Å². The molecule has 0 amide bonds. The summed E-state index contributed by atoms with van der Waals surface area (Å²) in [7, 11) is 0. The first-order valence-electron chi connectivity index (χ1n) is 8.95. The van der Waals surface area contributed by atoms with Gasteiger partial charge in [-0.15, -0.1) is 0 Å². The quantitative estimate of drug-likeness (QED) is 0.315. The lowest BCUT2D eigenvalue weighted by Crippen LogP contribution is -1.92. The zero-order valence-electron chi connectivity index (χ0n) is 14.4. The van der Waals surface area contributed by atoms with Gasteiger partial charge in [-0.25, -0.2) is 0 Å². The highest BCUT2D eigenvalue weighted by Crippen LogP contribution is 2.51. The number of hydrogen-bond donors (Lipinski definition) is 1. The Bertz CT molecular complexity index is 1330. The number of benzene rings is 4. The molecule has 0 unspecified atom stereocenters. The number of hydrogen-bond acceptors (Lipinski definition) is 2. The van der Waals surface area contributed by atoms with Crippen LogP contribution in [0.4, 0.5) is 0 Å². The molecule has 0 spiro atoms. The largest absolute Gasteiger partial charge is 0.355 e. The molecule has 4 aromatic carbocycles. The molecule has 1 nitrogen and oxygen atoms in total. The molecule has 2 heterocycles. The molecule has 0 fully saturated rings. The molecule has 0 radical (unpaired) electrons. The molecule has 1 aliphatic rings. The van der Waals surface area contributed by atoms with Crippen LogP contribution in [0.1, 0.15) is 0 Å².